The lowest BCUT2D eigenvalue weighted by Gasteiger charge is -2.40. The van der Waals surface area contributed by atoms with Crippen molar-refractivity contribution >= 4 is 33.4 Å². The molecule has 3 rings (SSSR count). The van der Waals surface area contributed by atoms with E-state index >= 15 is 0 Å². The SMILES string of the molecule is C=C/C(=C\CC/C(Cl)=C(\C)F)S(=O)(=O)N1CCC(N2C(=O)OCc3cc(C)ccc32)CC1. The molecule has 0 radical (unpaired) electrons. The molecule has 0 bridgehead atoms. The van der Waals surface area contributed by atoms with Crippen LogP contribution in [0, 0.1) is 6.92 Å². The summed E-state index contributed by atoms with van der Waals surface area (Å²) < 4.78 is 46.0. The number of rotatable bonds is 7. The Bertz CT molecular complexity index is 1060. The molecule has 2 heterocycles. The fraction of sp³-hybridized carbons (Fsp3) is 0.435. The molecule has 0 unspecified atom stereocenters. The molecule has 0 aliphatic carbocycles. The van der Waals surface area contributed by atoms with Crippen molar-refractivity contribution in [3.05, 3.63) is 63.8 Å². The third-order valence-electron chi connectivity index (χ3n) is 5.75. The molecular formula is C23H28ClFN2O4S. The topological polar surface area (TPSA) is 66.9 Å². The Morgan fingerprint density at radius 1 is 1.34 bits per heavy atom. The lowest BCUT2D eigenvalue weighted by Crippen LogP contribution is -2.50. The third kappa shape index (κ3) is 5.24. The summed E-state index contributed by atoms with van der Waals surface area (Å²) in [6.45, 7) is 7.66. The summed E-state index contributed by atoms with van der Waals surface area (Å²) in [5.74, 6) is -0.474. The number of hydrogen-bond donors (Lipinski definition) is 0. The molecule has 1 saturated heterocycles. The molecular weight excluding hydrogens is 455 g/mol. The molecule has 1 amide bonds. The molecule has 1 aromatic carbocycles. The van der Waals surface area contributed by atoms with Crippen LogP contribution in [0.2, 0.25) is 0 Å². The van der Waals surface area contributed by atoms with Gasteiger partial charge in [0.2, 0.25) is 10.0 Å². The number of sulfonamides is 1. The number of carbonyl (C=O) groups excluding carboxylic acids is 1. The Morgan fingerprint density at radius 2 is 2.03 bits per heavy atom. The monoisotopic (exact) mass is 482 g/mol. The van der Waals surface area contributed by atoms with Gasteiger partial charge in [-0.05, 0) is 51.7 Å². The number of hydrogen-bond acceptors (Lipinski definition) is 4. The molecule has 0 atom stereocenters. The van der Waals surface area contributed by atoms with E-state index in [0.29, 0.717) is 12.8 Å². The van der Waals surface area contributed by atoms with Crippen molar-refractivity contribution in [3.63, 3.8) is 0 Å². The molecule has 2 aliphatic heterocycles. The summed E-state index contributed by atoms with van der Waals surface area (Å²) in [5.41, 5.74) is 2.87. The molecule has 1 aromatic rings. The Morgan fingerprint density at radius 3 is 2.66 bits per heavy atom. The van der Waals surface area contributed by atoms with Crippen LogP contribution in [0.3, 0.4) is 0 Å². The zero-order chi connectivity index (χ0) is 23.5. The van der Waals surface area contributed by atoms with E-state index in [1.165, 1.54) is 23.4 Å². The van der Waals surface area contributed by atoms with E-state index < -0.39 is 21.9 Å². The van der Waals surface area contributed by atoms with Gasteiger partial charge >= 0.3 is 6.09 Å². The van der Waals surface area contributed by atoms with Gasteiger partial charge in [-0.2, -0.15) is 4.31 Å². The highest BCUT2D eigenvalue weighted by Crippen LogP contribution is 2.33. The molecule has 32 heavy (non-hydrogen) atoms. The van der Waals surface area contributed by atoms with Crippen LogP contribution >= 0.6 is 11.6 Å². The van der Waals surface area contributed by atoms with E-state index in [1.807, 2.05) is 25.1 Å². The Kier molecular flexibility index (Phi) is 7.79. The number of ether oxygens (including phenoxy) is 1. The largest absolute Gasteiger partial charge is 0.444 e. The van der Waals surface area contributed by atoms with Gasteiger partial charge in [0, 0.05) is 29.7 Å². The first-order valence-corrected chi connectivity index (χ1v) is 12.4. The van der Waals surface area contributed by atoms with Gasteiger partial charge < -0.3 is 4.74 Å². The van der Waals surface area contributed by atoms with Gasteiger partial charge in [0.15, 0.2) is 0 Å². The lowest BCUT2D eigenvalue weighted by atomic mass is 10.0. The fourth-order valence-electron chi connectivity index (χ4n) is 4.02. The predicted octanol–water partition coefficient (Wildman–Crippen LogP) is 5.54. The van der Waals surface area contributed by atoms with E-state index in [9.17, 15) is 17.6 Å². The number of aryl methyl sites for hydroxylation is 1. The summed E-state index contributed by atoms with van der Waals surface area (Å²) in [7, 11) is -3.74. The van der Waals surface area contributed by atoms with E-state index in [0.717, 1.165) is 16.8 Å². The second-order valence-corrected chi connectivity index (χ2v) is 10.4. The molecule has 0 saturated carbocycles. The summed E-state index contributed by atoms with van der Waals surface area (Å²) in [5, 5.41) is 0.0757. The van der Waals surface area contributed by atoms with E-state index in [2.05, 4.69) is 6.58 Å². The Hall–Kier alpha value is -2.16. The highest BCUT2D eigenvalue weighted by atomic mass is 35.5. The fourth-order valence-corrected chi connectivity index (χ4v) is 5.65. The smallest absolute Gasteiger partial charge is 0.414 e. The first-order valence-electron chi connectivity index (χ1n) is 10.5. The zero-order valence-electron chi connectivity index (χ0n) is 18.3. The van der Waals surface area contributed by atoms with Crippen molar-refractivity contribution < 1.29 is 22.3 Å². The molecule has 174 valence electrons. The second kappa shape index (κ2) is 10.2. The zero-order valence-corrected chi connectivity index (χ0v) is 19.9. The lowest BCUT2D eigenvalue weighted by molar-refractivity contribution is 0.136. The van der Waals surface area contributed by atoms with E-state index in [1.54, 1.807) is 4.90 Å². The molecule has 0 aromatic heterocycles. The van der Waals surface area contributed by atoms with Crippen LogP contribution in [-0.2, 0) is 21.4 Å². The summed E-state index contributed by atoms with van der Waals surface area (Å²) >= 11 is 5.80. The van der Waals surface area contributed by atoms with Crippen molar-refractivity contribution in [1.82, 2.24) is 4.31 Å². The number of fused-ring (bicyclic) bond motifs is 1. The normalized spacial score (nSPS) is 19.3. The Labute approximate surface area is 194 Å². The first kappa shape index (κ1) is 24.5. The standard InChI is InChI=1S/C23H28ClFN2O4S/c1-4-20(6-5-7-21(24)17(3)25)32(29,30)26-12-10-19(11-13-26)27-22-9-8-16(2)14-18(22)15-31-23(27)28/h4,6,8-9,14,19H,1,5,7,10-13,15H2,2-3H3/b20-6+,21-17-. The minimum atomic E-state index is -3.74. The number of nitrogens with zero attached hydrogens (tertiary/aromatic N) is 2. The molecule has 2 aliphatic rings. The van der Waals surface area contributed by atoms with Crippen LogP contribution in [0.1, 0.15) is 43.7 Å². The highest BCUT2D eigenvalue weighted by molar-refractivity contribution is 7.93. The van der Waals surface area contributed by atoms with Gasteiger partial charge in [0.25, 0.3) is 0 Å². The van der Waals surface area contributed by atoms with Gasteiger partial charge in [-0.3, -0.25) is 4.90 Å². The molecule has 0 N–H and O–H groups in total. The number of halogens is 2. The molecule has 6 nitrogen and oxygen atoms in total. The van der Waals surface area contributed by atoms with Gasteiger partial charge in [0.05, 0.1) is 10.6 Å². The average molecular weight is 483 g/mol. The van der Waals surface area contributed by atoms with Crippen LogP contribution in [-0.4, -0.2) is 37.9 Å². The first-order chi connectivity index (χ1) is 15.1. The average Bonchev–Trinajstić information content (AvgIpc) is 2.76. The van der Waals surface area contributed by atoms with Crippen molar-refractivity contribution in [2.75, 3.05) is 18.0 Å². The van der Waals surface area contributed by atoms with Crippen LogP contribution in [0.25, 0.3) is 0 Å². The third-order valence-corrected chi connectivity index (χ3v) is 8.18. The van der Waals surface area contributed by atoms with Gasteiger partial charge in [0.1, 0.15) is 12.4 Å². The minimum Gasteiger partial charge on any atom is -0.444 e. The Balaban J connectivity index is 1.70. The van der Waals surface area contributed by atoms with Crippen molar-refractivity contribution in [1.29, 1.82) is 0 Å². The maximum absolute atomic E-state index is 13.1. The van der Waals surface area contributed by atoms with Crippen LogP contribution in [0.4, 0.5) is 14.9 Å². The number of benzene rings is 1. The summed E-state index contributed by atoms with van der Waals surface area (Å²) in [6, 6.07) is 5.73. The minimum absolute atomic E-state index is 0.0757. The number of cyclic esters (lactones) is 1. The van der Waals surface area contributed by atoms with Crippen LogP contribution in [0.5, 0.6) is 0 Å². The van der Waals surface area contributed by atoms with Crippen molar-refractivity contribution in [2.45, 2.75) is 52.2 Å². The van der Waals surface area contributed by atoms with Crippen molar-refractivity contribution in [3.8, 4) is 0 Å². The van der Waals surface area contributed by atoms with Crippen LogP contribution in [0.15, 0.2) is 52.7 Å². The molecule has 1 fully saturated rings. The maximum Gasteiger partial charge on any atom is 0.414 e. The van der Waals surface area contributed by atoms with Crippen molar-refractivity contribution in [2.24, 2.45) is 0 Å². The van der Waals surface area contributed by atoms with Crippen LogP contribution < -0.4 is 4.90 Å². The van der Waals surface area contributed by atoms with Gasteiger partial charge in [-0.1, -0.05) is 42.0 Å². The number of allylic oxidation sites excluding steroid dienone is 4. The summed E-state index contributed by atoms with van der Waals surface area (Å²) in [6.07, 6.45) is 3.88. The van der Waals surface area contributed by atoms with E-state index in [4.69, 9.17) is 16.3 Å². The highest BCUT2D eigenvalue weighted by Gasteiger charge is 2.37. The second-order valence-electron chi connectivity index (χ2n) is 7.98. The van der Waals surface area contributed by atoms with Gasteiger partial charge in [-0.25, -0.2) is 17.6 Å². The quantitative estimate of drug-likeness (QED) is 0.479. The maximum atomic E-state index is 13.1. The predicted molar refractivity (Wildman–Crippen MR) is 125 cm³/mol. The number of piperidine rings is 1. The molecule has 0 spiro atoms. The number of anilines is 1. The van der Waals surface area contributed by atoms with E-state index in [-0.39, 0.29) is 48.5 Å². The number of amides is 1. The van der Waals surface area contributed by atoms with Gasteiger partial charge in [-0.15, -0.1) is 0 Å². The summed E-state index contributed by atoms with van der Waals surface area (Å²) in [4.78, 5) is 14.2. The number of carbonyl (C=O) groups is 1. The molecule has 9 heteroatoms.